The van der Waals surface area contributed by atoms with Crippen LogP contribution >= 0.6 is 0 Å². The standard InChI is InChI=1S/C26H22FNOSi/c1-30(2,3)18-12-10-17(11-13-18)24-22(27)15-14-20-19-7-6-8-21(25(19)29-26(20)24)23-9-4-5-16-28-23/h4-16H,1-3H3. The van der Waals surface area contributed by atoms with Gasteiger partial charge >= 0.3 is 0 Å². The minimum Gasteiger partial charge on any atom is -0.455 e. The molecule has 3 aromatic carbocycles. The van der Waals surface area contributed by atoms with Crippen molar-refractivity contribution in [3.8, 4) is 22.4 Å². The van der Waals surface area contributed by atoms with Crippen LogP contribution in [-0.2, 0) is 0 Å². The summed E-state index contributed by atoms with van der Waals surface area (Å²) in [6, 6.07) is 23.4. The van der Waals surface area contributed by atoms with E-state index in [2.05, 4.69) is 36.8 Å². The first-order chi connectivity index (χ1) is 14.4. The van der Waals surface area contributed by atoms with E-state index in [0.29, 0.717) is 11.1 Å². The molecule has 0 N–H and O–H groups in total. The van der Waals surface area contributed by atoms with Gasteiger partial charge in [-0.2, -0.15) is 0 Å². The lowest BCUT2D eigenvalue weighted by Gasteiger charge is -2.17. The molecule has 4 heteroatoms. The van der Waals surface area contributed by atoms with E-state index in [4.69, 9.17) is 4.42 Å². The molecule has 148 valence electrons. The summed E-state index contributed by atoms with van der Waals surface area (Å²) in [5.74, 6) is -0.276. The van der Waals surface area contributed by atoms with Crippen molar-refractivity contribution in [1.29, 1.82) is 0 Å². The van der Waals surface area contributed by atoms with Gasteiger partial charge in [0.2, 0.25) is 0 Å². The number of nitrogens with zero attached hydrogens (tertiary/aromatic N) is 1. The van der Waals surface area contributed by atoms with Gasteiger partial charge in [0, 0.05) is 22.5 Å². The fourth-order valence-corrected chi connectivity index (χ4v) is 5.13. The summed E-state index contributed by atoms with van der Waals surface area (Å²) in [7, 11) is -1.42. The minimum absolute atomic E-state index is 0.276. The van der Waals surface area contributed by atoms with Crippen LogP contribution in [0.15, 0.2) is 83.4 Å². The first-order valence-electron chi connectivity index (χ1n) is 10.1. The van der Waals surface area contributed by atoms with E-state index in [0.717, 1.165) is 33.2 Å². The molecule has 0 saturated carbocycles. The molecule has 0 atom stereocenters. The van der Waals surface area contributed by atoms with E-state index < -0.39 is 8.07 Å². The van der Waals surface area contributed by atoms with E-state index in [9.17, 15) is 0 Å². The van der Waals surface area contributed by atoms with Crippen LogP contribution in [0.5, 0.6) is 0 Å². The van der Waals surface area contributed by atoms with E-state index in [1.807, 2.05) is 48.5 Å². The third-order valence-corrected chi connectivity index (χ3v) is 7.66. The summed E-state index contributed by atoms with van der Waals surface area (Å²) in [4.78, 5) is 4.47. The van der Waals surface area contributed by atoms with Gasteiger partial charge in [-0.15, -0.1) is 0 Å². The van der Waals surface area contributed by atoms with Gasteiger partial charge < -0.3 is 4.42 Å². The van der Waals surface area contributed by atoms with E-state index >= 15 is 4.39 Å². The lowest BCUT2D eigenvalue weighted by molar-refractivity contribution is 0.622. The molecule has 5 rings (SSSR count). The normalized spacial score (nSPS) is 12.0. The summed E-state index contributed by atoms with van der Waals surface area (Å²) in [5, 5.41) is 3.22. The predicted molar refractivity (Wildman–Crippen MR) is 125 cm³/mol. The lowest BCUT2D eigenvalue weighted by atomic mass is 10.0. The van der Waals surface area contributed by atoms with Crippen LogP contribution in [0.25, 0.3) is 44.3 Å². The first kappa shape index (κ1) is 18.8. The molecular weight excluding hydrogens is 389 g/mol. The average molecular weight is 412 g/mol. The number of fused-ring (bicyclic) bond motifs is 3. The Morgan fingerprint density at radius 2 is 1.53 bits per heavy atom. The third kappa shape index (κ3) is 3.04. The predicted octanol–water partition coefficient (Wildman–Crippen LogP) is 7.00. The van der Waals surface area contributed by atoms with Gasteiger partial charge in [-0.25, -0.2) is 4.39 Å². The van der Waals surface area contributed by atoms with Gasteiger partial charge in [-0.1, -0.05) is 67.3 Å². The van der Waals surface area contributed by atoms with Crippen molar-refractivity contribution < 1.29 is 8.81 Å². The van der Waals surface area contributed by atoms with Crippen LogP contribution in [0.3, 0.4) is 0 Å². The first-order valence-corrected chi connectivity index (χ1v) is 13.6. The van der Waals surface area contributed by atoms with E-state index in [1.54, 1.807) is 12.3 Å². The van der Waals surface area contributed by atoms with Crippen LogP contribution in [0, 0.1) is 5.82 Å². The maximum absolute atomic E-state index is 15.0. The zero-order valence-electron chi connectivity index (χ0n) is 17.2. The van der Waals surface area contributed by atoms with Gasteiger partial charge in [0.05, 0.1) is 19.3 Å². The van der Waals surface area contributed by atoms with Crippen molar-refractivity contribution >= 4 is 35.2 Å². The topological polar surface area (TPSA) is 26.0 Å². The summed E-state index contributed by atoms with van der Waals surface area (Å²) < 4.78 is 21.4. The summed E-state index contributed by atoms with van der Waals surface area (Å²) in [6.45, 7) is 6.92. The number of furan rings is 1. The molecule has 2 heterocycles. The molecule has 0 amide bonds. The second kappa shape index (κ2) is 6.92. The van der Waals surface area contributed by atoms with Crippen LogP contribution in [0.4, 0.5) is 4.39 Å². The number of aromatic nitrogens is 1. The molecule has 30 heavy (non-hydrogen) atoms. The van der Waals surface area contributed by atoms with Crippen LogP contribution in [0.2, 0.25) is 19.6 Å². The zero-order chi connectivity index (χ0) is 20.9. The number of benzene rings is 3. The minimum atomic E-state index is -1.42. The Balaban J connectivity index is 1.77. The molecule has 2 aromatic heterocycles. The number of hydrogen-bond donors (Lipinski definition) is 0. The Hall–Kier alpha value is -3.24. The van der Waals surface area contributed by atoms with Crippen molar-refractivity contribution in [3.63, 3.8) is 0 Å². The zero-order valence-corrected chi connectivity index (χ0v) is 18.2. The summed E-state index contributed by atoms with van der Waals surface area (Å²) in [6.07, 6.45) is 1.77. The molecule has 0 fully saturated rings. The van der Waals surface area contributed by atoms with E-state index in [1.165, 1.54) is 11.3 Å². The number of rotatable bonds is 3. The van der Waals surface area contributed by atoms with Gasteiger partial charge in [0.1, 0.15) is 17.0 Å². The number of halogens is 1. The van der Waals surface area contributed by atoms with Gasteiger partial charge in [0.25, 0.3) is 0 Å². The van der Waals surface area contributed by atoms with Crippen molar-refractivity contribution in [2.45, 2.75) is 19.6 Å². The summed E-state index contributed by atoms with van der Waals surface area (Å²) >= 11 is 0. The van der Waals surface area contributed by atoms with E-state index in [-0.39, 0.29) is 5.82 Å². The van der Waals surface area contributed by atoms with Crippen LogP contribution in [0.1, 0.15) is 0 Å². The molecule has 0 radical (unpaired) electrons. The highest BCUT2D eigenvalue weighted by Crippen LogP contribution is 2.40. The number of pyridine rings is 1. The van der Waals surface area contributed by atoms with Crippen LogP contribution in [-0.4, -0.2) is 13.1 Å². The van der Waals surface area contributed by atoms with Gasteiger partial charge in [-0.05, 0) is 35.9 Å². The SMILES string of the molecule is C[Si](C)(C)c1ccc(-c2c(F)ccc3c2oc2c(-c4ccccn4)cccc23)cc1. The number of para-hydroxylation sites is 1. The second-order valence-corrected chi connectivity index (χ2v) is 13.7. The molecule has 0 spiro atoms. The highest BCUT2D eigenvalue weighted by Gasteiger charge is 2.20. The lowest BCUT2D eigenvalue weighted by Crippen LogP contribution is -2.37. The molecule has 0 unspecified atom stereocenters. The van der Waals surface area contributed by atoms with Crippen molar-refractivity contribution in [3.05, 3.63) is 84.8 Å². The fraction of sp³-hybridized carbons (Fsp3) is 0.115. The smallest absolute Gasteiger partial charge is 0.146 e. The monoisotopic (exact) mass is 411 g/mol. The van der Waals surface area contributed by atoms with Crippen molar-refractivity contribution in [2.75, 3.05) is 0 Å². The van der Waals surface area contributed by atoms with Gasteiger partial charge in [-0.3, -0.25) is 4.98 Å². The Labute approximate surface area is 176 Å². The largest absolute Gasteiger partial charge is 0.455 e. The van der Waals surface area contributed by atoms with Gasteiger partial charge in [0.15, 0.2) is 0 Å². The molecular formula is C26H22FNOSi. The summed E-state index contributed by atoms with van der Waals surface area (Å²) in [5.41, 5.74) is 4.40. The fourth-order valence-electron chi connectivity index (χ4n) is 3.97. The maximum atomic E-state index is 15.0. The Morgan fingerprint density at radius 3 is 2.23 bits per heavy atom. The average Bonchev–Trinajstić information content (AvgIpc) is 3.12. The van der Waals surface area contributed by atoms with Crippen molar-refractivity contribution in [1.82, 2.24) is 4.98 Å². The quantitative estimate of drug-likeness (QED) is 0.299. The molecule has 0 saturated heterocycles. The molecule has 0 aliphatic rings. The molecule has 0 aliphatic heterocycles. The van der Waals surface area contributed by atoms with Crippen molar-refractivity contribution in [2.24, 2.45) is 0 Å². The molecule has 5 aromatic rings. The molecule has 0 aliphatic carbocycles. The second-order valence-electron chi connectivity index (χ2n) is 8.63. The highest BCUT2D eigenvalue weighted by atomic mass is 28.3. The highest BCUT2D eigenvalue weighted by molar-refractivity contribution is 6.88. The molecule has 0 bridgehead atoms. The number of hydrogen-bond acceptors (Lipinski definition) is 2. The molecule has 2 nitrogen and oxygen atoms in total. The Kier molecular flexibility index (Phi) is 4.33. The maximum Gasteiger partial charge on any atom is 0.146 e. The Morgan fingerprint density at radius 1 is 0.767 bits per heavy atom. The Bertz CT molecular complexity index is 1370. The van der Waals surface area contributed by atoms with Crippen LogP contribution < -0.4 is 5.19 Å². The third-order valence-electron chi connectivity index (χ3n) is 5.60.